The number of hydrogen-bond donors (Lipinski definition) is 0. The second-order valence-electron chi connectivity index (χ2n) is 5.57. The maximum absolute atomic E-state index is 4.21. The molecule has 0 saturated carbocycles. The summed E-state index contributed by atoms with van der Waals surface area (Å²) >= 11 is 3.59. The molecule has 0 N–H and O–H groups in total. The second kappa shape index (κ2) is 8.49. The van der Waals surface area contributed by atoms with Crippen LogP contribution in [0.3, 0.4) is 0 Å². The Balaban J connectivity index is 2.14. The lowest BCUT2D eigenvalue weighted by Crippen LogP contribution is -2.35. The summed E-state index contributed by atoms with van der Waals surface area (Å²) in [5, 5.41) is 8.32. The van der Waals surface area contributed by atoms with E-state index in [4.69, 9.17) is 0 Å². The molecule has 0 aliphatic heterocycles. The van der Waals surface area contributed by atoms with Gasteiger partial charge < -0.3 is 14.4 Å². The fraction of sp³-hybridized carbons (Fsp3) is 0.222. The minimum atomic E-state index is 0.788. The molecule has 1 aromatic carbocycles. The van der Waals surface area contributed by atoms with E-state index in [2.05, 4.69) is 42.8 Å². The van der Waals surface area contributed by atoms with Gasteiger partial charge in [0.1, 0.15) is 0 Å². The Labute approximate surface area is 151 Å². The number of hydrogen-bond acceptors (Lipinski definition) is 2. The Kier molecular flexibility index (Phi) is 6.37. The van der Waals surface area contributed by atoms with Crippen LogP contribution < -0.4 is 0 Å². The molecule has 0 radical (unpaired) electrons. The lowest BCUT2D eigenvalue weighted by molar-refractivity contribution is 0.481. The van der Waals surface area contributed by atoms with Gasteiger partial charge in [-0.3, -0.25) is 0 Å². The molecule has 6 heteroatoms. The Morgan fingerprint density at radius 3 is 2.42 bits per heavy atom. The minimum absolute atomic E-state index is 0.788. The summed E-state index contributed by atoms with van der Waals surface area (Å²) in [5.41, 5.74) is 2.16. The van der Waals surface area contributed by atoms with Gasteiger partial charge in [0.15, 0.2) is 0 Å². The molecule has 2 aromatic rings. The quantitative estimate of drug-likeness (QED) is 0.455. The first-order valence-electron chi connectivity index (χ1n) is 7.55. The van der Waals surface area contributed by atoms with Crippen LogP contribution in [0.5, 0.6) is 0 Å². The number of allylic oxidation sites excluding steroid dienone is 1. The zero-order chi connectivity index (χ0) is 17.5. The van der Waals surface area contributed by atoms with Gasteiger partial charge >= 0.3 is 0 Å². The molecule has 0 saturated heterocycles. The third-order valence-electron chi connectivity index (χ3n) is 3.26. The molecule has 24 heavy (non-hydrogen) atoms. The summed E-state index contributed by atoms with van der Waals surface area (Å²) in [4.78, 5) is 3.83. The predicted molar refractivity (Wildman–Crippen MR) is 106 cm³/mol. The molecular weight excluding hydrogens is 366 g/mol. The molecule has 1 heterocycles. The summed E-state index contributed by atoms with van der Waals surface area (Å²) in [6, 6.07) is 12.2. The first-order chi connectivity index (χ1) is 11.5. The molecule has 126 valence electrons. The smallest absolute Gasteiger partial charge is 0.220 e. The van der Waals surface area contributed by atoms with Gasteiger partial charge in [-0.05, 0) is 52.3 Å². The fourth-order valence-corrected chi connectivity index (χ4v) is 2.72. The zero-order valence-corrected chi connectivity index (χ0v) is 16.0. The van der Waals surface area contributed by atoms with Crippen molar-refractivity contribution in [1.82, 2.24) is 14.4 Å². The molecule has 0 unspecified atom stereocenters. The largest absolute Gasteiger partial charge is 0.347 e. The average Bonchev–Trinajstić information content (AvgIpc) is 2.98. The van der Waals surface area contributed by atoms with E-state index in [1.807, 2.05) is 80.6 Å². The SMILES string of the molecule is CN(C)C(=N/N=C/C=C/c1cccn1-c1ccccc1Br)N(C)C. The Bertz CT molecular complexity index is 746. The molecule has 5 nitrogen and oxygen atoms in total. The van der Waals surface area contributed by atoms with Crippen molar-refractivity contribution in [2.45, 2.75) is 0 Å². The van der Waals surface area contributed by atoms with Gasteiger partial charge in [0, 0.05) is 50.8 Å². The summed E-state index contributed by atoms with van der Waals surface area (Å²) in [5.74, 6) is 0.788. The van der Waals surface area contributed by atoms with E-state index in [9.17, 15) is 0 Å². The van der Waals surface area contributed by atoms with E-state index in [0.29, 0.717) is 0 Å². The lowest BCUT2D eigenvalue weighted by atomic mass is 10.3. The number of guanidine groups is 1. The van der Waals surface area contributed by atoms with Crippen LogP contribution in [0.1, 0.15) is 5.69 Å². The van der Waals surface area contributed by atoms with Crippen molar-refractivity contribution >= 4 is 34.2 Å². The van der Waals surface area contributed by atoms with Crippen LogP contribution in [0, 0.1) is 0 Å². The Morgan fingerprint density at radius 1 is 1.04 bits per heavy atom. The van der Waals surface area contributed by atoms with Crippen LogP contribution >= 0.6 is 15.9 Å². The number of aromatic nitrogens is 1. The molecule has 0 aliphatic carbocycles. The molecule has 2 rings (SSSR count). The van der Waals surface area contributed by atoms with E-state index in [-0.39, 0.29) is 0 Å². The topological polar surface area (TPSA) is 36.1 Å². The summed E-state index contributed by atoms with van der Waals surface area (Å²) in [7, 11) is 7.76. The molecule has 0 bridgehead atoms. The zero-order valence-electron chi connectivity index (χ0n) is 14.4. The van der Waals surface area contributed by atoms with E-state index >= 15 is 0 Å². The molecule has 0 spiro atoms. The van der Waals surface area contributed by atoms with Gasteiger partial charge in [0.05, 0.1) is 5.69 Å². The molecule has 0 atom stereocenters. The number of benzene rings is 1. The highest BCUT2D eigenvalue weighted by Crippen LogP contribution is 2.22. The average molecular weight is 388 g/mol. The maximum atomic E-state index is 4.21. The number of nitrogens with zero attached hydrogens (tertiary/aromatic N) is 5. The van der Waals surface area contributed by atoms with E-state index in [1.165, 1.54) is 0 Å². The van der Waals surface area contributed by atoms with Crippen LogP contribution in [-0.4, -0.2) is 54.7 Å². The second-order valence-corrected chi connectivity index (χ2v) is 6.42. The number of halogens is 1. The standard InChI is InChI=1S/C18H22BrN5/c1-22(2)18(23(3)4)21-20-13-7-9-15-10-8-14-24(15)17-12-6-5-11-16(17)19/h5-14H,1-4H3/b9-7+,20-13+. The third-order valence-corrected chi connectivity index (χ3v) is 3.93. The van der Waals surface area contributed by atoms with Crippen LogP contribution in [0.25, 0.3) is 11.8 Å². The van der Waals surface area contributed by atoms with Crippen molar-refractivity contribution < 1.29 is 0 Å². The maximum Gasteiger partial charge on any atom is 0.220 e. The molecule has 0 fully saturated rings. The van der Waals surface area contributed by atoms with Crippen molar-refractivity contribution in [3.05, 3.63) is 58.8 Å². The van der Waals surface area contributed by atoms with Crippen molar-refractivity contribution in [2.75, 3.05) is 28.2 Å². The fourth-order valence-electron chi connectivity index (χ4n) is 2.24. The van der Waals surface area contributed by atoms with E-state index in [1.54, 1.807) is 6.21 Å². The highest BCUT2D eigenvalue weighted by atomic mass is 79.9. The highest BCUT2D eigenvalue weighted by Gasteiger charge is 2.04. The Morgan fingerprint density at radius 2 is 1.75 bits per heavy atom. The molecule has 1 aromatic heterocycles. The van der Waals surface area contributed by atoms with E-state index < -0.39 is 0 Å². The van der Waals surface area contributed by atoms with Crippen LogP contribution in [0.2, 0.25) is 0 Å². The first kappa shape index (κ1) is 18.0. The van der Waals surface area contributed by atoms with Crippen LogP contribution in [-0.2, 0) is 0 Å². The van der Waals surface area contributed by atoms with Gasteiger partial charge in [-0.1, -0.05) is 12.1 Å². The number of para-hydroxylation sites is 1. The minimum Gasteiger partial charge on any atom is -0.347 e. The van der Waals surface area contributed by atoms with Crippen molar-refractivity contribution in [3.63, 3.8) is 0 Å². The monoisotopic (exact) mass is 387 g/mol. The van der Waals surface area contributed by atoms with E-state index in [0.717, 1.165) is 21.8 Å². The summed E-state index contributed by atoms with van der Waals surface area (Å²) in [6.07, 6.45) is 7.61. The Hall–Kier alpha value is -2.34. The van der Waals surface area contributed by atoms with Crippen molar-refractivity contribution in [3.8, 4) is 5.69 Å². The summed E-state index contributed by atoms with van der Waals surface area (Å²) < 4.78 is 3.17. The number of rotatable bonds is 4. The van der Waals surface area contributed by atoms with Crippen LogP contribution in [0.4, 0.5) is 0 Å². The predicted octanol–water partition coefficient (Wildman–Crippen LogP) is 3.72. The molecular formula is C18H22BrN5. The van der Waals surface area contributed by atoms with Gasteiger partial charge in [0.25, 0.3) is 0 Å². The van der Waals surface area contributed by atoms with Crippen LogP contribution in [0.15, 0.2) is 63.3 Å². The highest BCUT2D eigenvalue weighted by molar-refractivity contribution is 9.10. The molecule has 0 aliphatic rings. The summed E-state index contributed by atoms with van der Waals surface area (Å²) in [6.45, 7) is 0. The molecule has 0 amide bonds. The van der Waals surface area contributed by atoms with Gasteiger partial charge in [-0.25, -0.2) is 0 Å². The first-order valence-corrected chi connectivity index (χ1v) is 8.34. The normalized spacial score (nSPS) is 11.2. The van der Waals surface area contributed by atoms with Gasteiger partial charge in [0.2, 0.25) is 5.96 Å². The van der Waals surface area contributed by atoms with Gasteiger partial charge in [-0.2, -0.15) is 5.10 Å². The van der Waals surface area contributed by atoms with Gasteiger partial charge in [-0.15, -0.1) is 5.10 Å². The van der Waals surface area contributed by atoms with Crippen molar-refractivity contribution in [2.24, 2.45) is 10.2 Å². The lowest BCUT2D eigenvalue weighted by Gasteiger charge is -2.20. The third kappa shape index (κ3) is 4.58. The van der Waals surface area contributed by atoms with Crippen molar-refractivity contribution in [1.29, 1.82) is 0 Å².